The number of nitrogens with zero attached hydrogens (tertiary/aromatic N) is 5. The van der Waals surface area contributed by atoms with E-state index in [1.54, 1.807) is 6.92 Å². The van der Waals surface area contributed by atoms with Crippen LogP contribution < -0.4 is 0 Å². The minimum atomic E-state index is -0.323. The zero-order valence-electron chi connectivity index (χ0n) is 21.0. The predicted octanol–water partition coefficient (Wildman–Crippen LogP) is 6.39. The second kappa shape index (κ2) is 11.5. The van der Waals surface area contributed by atoms with Crippen LogP contribution in [-0.2, 0) is 28.9 Å². The minimum absolute atomic E-state index is 0.0703. The van der Waals surface area contributed by atoms with E-state index in [2.05, 4.69) is 54.5 Å². The number of imidazole rings is 1. The molecule has 0 saturated carbocycles. The first-order chi connectivity index (χ1) is 18.5. The monoisotopic (exact) mass is 596 g/mol. The van der Waals surface area contributed by atoms with Crippen LogP contribution in [0.5, 0.6) is 0 Å². The molecule has 0 radical (unpaired) electrons. The van der Waals surface area contributed by atoms with Gasteiger partial charge in [-0.05, 0) is 57.4 Å². The molecule has 0 bridgehead atoms. The van der Waals surface area contributed by atoms with Crippen molar-refractivity contribution in [2.24, 2.45) is 0 Å². The zero-order chi connectivity index (χ0) is 26.6. The number of aryl methyl sites for hydroxylation is 1. The second-order valence-corrected chi connectivity index (χ2v) is 9.96. The summed E-state index contributed by atoms with van der Waals surface area (Å²) in [6, 6.07) is 13.8. The van der Waals surface area contributed by atoms with Crippen LogP contribution in [0.1, 0.15) is 43.8 Å². The lowest BCUT2D eigenvalue weighted by molar-refractivity contribution is -0.142. The Bertz CT molecular complexity index is 1580. The van der Waals surface area contributed by atoms with Crippen LogP contribution in [0.3, 0.4) is 0 Å². The second-order valence-electron chi connectivity index (χ2n) is 8.81. The molecule has 0 fully saturated rings. The van der Waals surface area contributed by atoms with Crippen molar-refractivity contribution in [2.45, 2.75) is 46.1 Å². The Hall–Kier alpha value is -3.50. The number of benzene rings is 2. The zero-order valence-corrected chi connectivity index (χ0v) is 23.3. The van der Waals surface area contributed by atoms with Gasteiger partial charge in [0.25, 0.3) is 0 Å². The SMILES string of the molecule is CCCCc1nc(Cl)c(CC(=O)OCC)n1Cc1ccc2oc(-c3ccccc3-c3nnn[nH]3)c(Br)c2c1. The van der Waals surface area contributed by atoms with Crippen LogP contribution in [-0.4, -0.2) is 42.8 Å². The van der Waals surface area contributed by atoms with E-state index in [0.29, 0.717) is 35.6 Å². The molecule has 0 aliphatic heterocycles. The van der Waals surface area contributed by atoms with Gasteiger partial charge in [-0.15, -0.1) is 5.10 Å². The van der Waals surface area contributed by atoms with Gasteiger partial charge in [-0.25, -0.2) is 10.1 Å². The van der Waals surface area contributed by atoms with Crippen molar-refractivity contribution in [1.82, 2.24) is 30.2 Å². The highest BCUT2D eigenvalue weighted by molar-refractivity contribution is 9.10. The van der Waals surface area contributed by atoms with Crippen LogP contribution in [0.25, 0.3) is 33.7 Å². The number of furan rings is 1. The van der Waals surface area contributed by atoms with Crippen LogP contribution >= 0.6 is 27.5 Å². The lowest BCUT2D eigenvalue weighted by Gasteiger charge is -2.12. The maximum absolute atomic E-state index is 12.3. The molecule has 3 heterocycles. The number of hydrogen-bond donors (Lipinski definition) is 1. The van der Waals surface area contributed by atoms with Gasteiger partial charge in [0.15, 0.2) is 11.0 Å². The number of hydrogen-bond acceptors (Lipinski definition) is 7. The standard InChI is InChI=1S/C27H26BrClN6O3/c1-3-5-10-22-30-26(29)20(14-23(36)37-4-2)35(22)15-16-11-12-21-19(13-16)24(28)25(38-21)17-8-6-7-9-18(17)27-31-33-34-32-27/h6-9,11-13H,3-5,10,14-15H2,1-2H3,(H,31,32,33,34). The predicted molar refractivity (Wildman–Crippen MR) is 148 cm³/mol. The number of rotatable bonds is 10. The topological polar surface area (TPSA) is 112 Å². The summed E-state index contributed by atoms with van der Waals surface area (Å²) in [5.41, 5.74) is 4.11. The molecule has 38 heavy (non-hydrogen) atoms. The number of carbonyl (C=O) groups excluding carboxylic acids is 1. The van der Waals surface area contributed by atoms with Gasteiger partial charge < -0.3 is 13.7 Å². The first-order valence-corrected chi connectivity index (χ1v) is 13.6. The van der Waals surface area contributed by atoms with Crippen molar-refractivity contribution in [3.63, 3.8) is 0 Å². The Morgan fingerprint density at radius 1 is 1.18 bits per heavy atom. The highest BCUT2D eigenvalue weighted by Gasteiger charge is 2.22. The molecule has 0 aliphatic carbocycles. The number of aromatic amines is 1. The number of ether oxygens (including phenoxy) is 1. The van der Waals surface area contributed by atoms with Crippen molar-refractivity contribution >= 4 is 44.5 Å². The Labute approximate surface area is 232 Å². The fourth-order valence-corrected chi connectivity index (χ4v) is 5.34. The summed E-state index contributed by atoms with van der Waals surface area (Å²) in [5, 5.41) is 15.6. The van der Waals surface area contributed by atoms with E-state index in [1.165, 1.54) is 0 Å². The molecule has 2 aromatic carbocycles. The van der Waals surface area contributed by atoms with Gasteiger partial charge in [-0.2, -0.15) is 0 Å². The van der Waals surface area contributed by atoms with Crippen molar-refractivity contribution < 1.29 is 13.9 Å². The molecular weight excluding hydrogens is 572 g/mol. The van der Waals surface area contributed by atoms with E-state index in [-0.39, 0.29) is 12.4 Å². The summed E-state index contributed by atoms with van der Waals surface area (Å²) < 4.78 is 14.3. The molecule has 0 amide bonds. The number of aromatic nitrogens is 6. The molecule has 9 nitrogen and oxygen atoms in total. The van der Waals surface area contributed by atoms with E-state index in [9.17, 15) is 4.79 Å². The summed E-state index contributed by atoms with van der Waals surface area (Å²) in [7, 11) is 0. The molecule has 5 rings (SSSR count). The molecule has 0 unspecified atom stereocenters. The number of tetrazole rings is 1. The molecule has 0 aliphatic rings. The average Bonchev–Trinajstić information content (AvgIpc) is 3.63. The quantitative estimate of drug-likeness (QED) is 0.186. The normalized spacial score (nSPS) is 11.4. The maximum atomic E-state index is 12.3. The Balaban J connectivity index is 1.53. The summed E-state index contributed by atoms with van der Waals surface area (Å²) in [4.78, 5) is 16.9. The van der Waals surface area contributed by atoms with Crippen molar-refractivity contribution in [3.8, 4) is 22.7 Å². The van der Waals surface area contributed by atoms with E-state index in [0.717, 1.165) is 57.2 Å². The van der Waals surface area contributed by atoms with Crippen LogP contribution in [0.4, 0.5) is 0 Å². The number of fused-ring (bicyclic) bond motifs is 1. The van der Waals surface area contributed by atoms with E-state index in [1.807, 2.05) is 41.0 Å². The smallest absolute Gasteiger partial charge is 0.311 e. The third kappa shape index (κ3) is 5.23. The first kappa shape index (κ1) is 26.1. The largest absolute Gasteiger partial charge is 0.466 e. The van der Waals surface area contributed by atoms with E-state index >= 15 is 0 Å². The Morgan fingerprint density at radius 2 is 2.00 bits per heavy atom. The van der Waals surface area contributed by atoms with Gasteiger partial charge in [0.1, 0.15) is 17.2 Å². The summed E-state index contributed by atoms with van der Waals surface area (Å²) >= 11 is 10.3. The molecule has 1 N–H and O–H groups in total. The maximum Gasteiger partial charge on any atom is 0.311 e. The average molecular weight is 598 g/mol. The highest BCUT2D eigenvalue weighted by atomic mass is 79.9. The minimum Gasteiger partial charge on any atom is -0.466 e. The number of carbonyl (C=O) groups is 1. The molecule has 3 aromatic heterocycles. The molecule has 11 heteroatoms. The lowest BCUT2D eigenvalue weighted by Crippen LogP contribution is -2.14. The van der Waals surface area contributed by atoms with Crippen molar-refractivity contribution in [1.29, 1.82) is 0 Å². The Morgan fingerprint density at radius 3 is 2.74 bits per heavy atom. The van der Waals surface area contributed by atoms with Crippen molar-refractivity contribution in [3.05, 3.63) is 69.2 Å². The van der Waals surface area contributed by atoms with E-state index < -0.39 is 0 Å². The summed E-state index contributed by atoms with van der Waals surface area (Å²) in [6.07, 6.45) is 2.84. The number of nitrogens with one attached hydrogen (secondary N) is 1. The number of halogens is 2. The van der Waals surface area contributed by atoms with Gasteiger partial charge in [-0.3, -0.25) is 4.79 Å². The van der Waals surface area contributed by atoms with Gasteiger partial charge in [0, 0.05) is 29.5 Å². The molecule has 0 spiro atoms. The molecule has 5 aromatic rings. The fraction of sp³-hybridized carbons (Fsp3) is 0.296. The molecular formula is C27H26BrClN6O3. The van der Waals surface area contributed by atoms with Gasteiger partial charge >= 0.3 is 5.97 Å². The summed E-state index contributed by atoms with van der Waals surface area (Å²) in [6.45, 7) is 4.75. The highest BCUT2D eigenvalue weighted by Crippen LogP contribution is 2.41. The number of H-pyrrole nitrogens is 1. The van der Waals surface area contributed by atoms with Crippen LogP contribution in [0.15, 0.2) is 51.4 Å². The fourth-order valence-electron chi connectivity index (χ4n) is 4.46. The van der Waals surface area contributed by atoms with Crippen LogP contribution in [0.2, 0.25) is 5.15 Å². The van der Waals surface area contributed by atoms with Gasteiger partial charge in [0.2, 0.25) is 0 Å². The van der Waals surface area contributed by atoms with E-state index in [4.69, 9.17) is 20.8 Å². The van der Waals surface area contributed by atoms with Crippen LogP contribution in [0, 0.1) is 0 Å². The Kier molecular flexibility index (Phi) is 7.90. The number of unbranched alkanes of at least 4 members (excludes halogenated alkanes) is 1. The van der Waals surface area contributed by atoms with Crippen molar-refractivity contribution in [2.75, 3.05) is 6.61 Å². The lowest BCUT2D eigenvalue weighted by atomic mass is 10.0. The number of esters is 1. The first-order valence-electron chi connectivity index (χ1n) is 12.4. The molecule has 0 atom stereocenters. The summed E-state index contributed by atoms with van der Waals surface area (Å²) in [5.74, 6) is 1.77. The molecule has 196 valence electrons. The van der Waals surface area contributed by atoms with Gasteiger partial charge in [-0.1, -0.05) is 55.3 Å². The third-order valence-electron chi connectivity index (χ3n) is 6.28. The molecule has 0 saturated heterocycles. The van der Waals surface area contributed by atoms with Gasteiger partial charge in [0.05, 0.1) is 23.2 Å². The third-order valence-corrected chi connectivity index (χ3v) is 7.37.